The first-order chi connectivity index (χ1) is 8.54. The van der Waals surface area contributed by atoms with Crippen molar-refractivity contribution < 1.29 is 12.6 Å². The van der Waals surface area contributed by atoms with Crippen LogP contribution in [0.3, 0.4) is 0 Å². The summed E-state index contributed by atoms with van der Waals surface area (Å²) < 4.78 is 37.0. The van der Waals surface area contributed by atoms with Crippen molar-refractivity contribution in [1.82, 2.24) is 14.3 Å². The number of anilines is 1. The molecule has 7 nitrogen and oxygen atoms in total. The van der Waals surface area contributed by atoms with Gasteiger partial charge in [0.1, 0.15) is 4.90 Å². The lowest BCUT2D eigenvalue weighted by Gasteiger charge is -2.25. The van der Waals surface area contributed by atoms with Crippen LogP contribution < -0.4 is 5.32 Å². The Labute approximate surface area is 108 Å². The first kappa shape index (κ1) is 13.4. The number of hydrogen-bond donors (Lipinski definition) is 1. The maximum atomic E-state index is 12.2. The zero-order valence-electron chi connectivity index (χ0n) is 9.87. The third-order valence-electron chi connectivity index (χ3n) is 2.63. The summed E-state index contributed by atoms with van der Waals surface area (Å²) in [6, 6.07) is 0. The van der Waals surface area contributed by atoms with Crippen molar-refractivity contribution in [3.8, 4) is 0 Å². The van der Waals surface area contributed by atoms with Gasteiger partial charge in [-0.1, -0.05) is 0 Å². The molecule has 1 aliphatic rings. The SMILES string of the molecule is CNc1ncc(S(=O)(=O)N2CCS(=O)CC2)cn1. The van der Waals surface area contributed by atoms with Crippen molar-refractivity contribution in [2.24, 2.45) is 0 Å². The fourth-order valence-corrected chi connectivity index (χ4v) is 4.21. The van der Waals surface area contributed by atoms with Gasteiger partial charge in [0.2, 0.25) is 16.0 Å². The van der Waals surface area contributed by atoms with Gasteiger partial charge in [-0.05, 0) is 0 Å². The van der Waals surface area contributed by atoms with E-state index in [-0.39, 0.29) is 18.0 Å². The van der Waals surface area contributed by atoms with E-state index in [1.165, 1.54) is 16.7 Å². The van der Waals surface area contributed by atoms with Gasteiger partial charge in [-0.15, -0.1) is 0 Å². The normalized spacial score (nSPS) is 18.7. The Kier molecular flexibility index (Phi) is 3.93. The average Bonchev–Trinajstić information content (AvgIpc) is 2.39. The largest absolute Gasteiger partial charge is 0.357 e. The highest BCUT2D eigenvalue weighted by atomic mass is 32.2. The summed E-state index contributed by atoms with van der Waals surface area (Å²) in [5.41, 5.74) is 0. The molecule has 0 unspecified atom stereocenters. The van der Waals surface area contributed by atoms with Gasteiger partial charge in [-0.2, -0.15) is 4.31 Å². The lowest BCUT2D eigenvalue weighted by molar-refractivity contribution is 0.438. The molecule has 0 saturated carbocycles. The van der Waals surface area contributed by atoms with Gasteiger partial charge in [0.25, 0.3) is 0 Å². The molecule has 1 saturated heterocycles. The van der Waals surface area contributed by atoms with Crippen LogP contribution in [-0.2, 0) is 20.8 Å². The number of sulfonamides is 1. The first-order valence-electron chi connectivity index (χ1n) is 5.39. The Balaban J connectivity index is 2.21. The maximum Gasteiger partial charge on any atom is 0.246 e. The summed E-state index contributed by atoms with van der Waals surface area (Å²) in [4.78, 5) is 7.83. The van der Waals surface area contributed by atoms with Crippen LogP contribution in [0.4, 0.5) is 5.95 Å². The summed E-state index contributed by atoms with van der Waals surface area (Å²) in [5.74, 6) is 1.14. The molecule has 1 aromatic rings. The molecule has 18 heavy (non-hydrogen) atoms. The smallest absolute Gasteiger partial charge is 0.246 e. The minimum Gasteiger partial charge on any atom is -0.357 e. The predicted octanol–water partition coefficient (Wildman–Crippen LogP) is -0.729. The standard InChI is InChI=1S/C9H14N4O3S2/c1-10-9-11-6-8(7-12-9)18(15,16)13-2-4-17(14)5-3-13/h6-7H,2-5H2,1H3,(H,10,11,12). The van der Waals surface area contributed by atoms with Gasteiger partial charge in [-0.25, -0.2) is 18.4 Å². The summed E-state index contributed by atoms with van der Waals surface area (Å²) in [5, 5.41) is 2.72. The highest BCUT2D eigenvalue weighted by Crippen LogP contribution is 2.16. The Morgan fingerprint density at radius 1 is 1.28 bits per heavy atom. The monoisotopic (exact) mass is 290 g/mol. The molecular formula is C9H14N4O3S2. The van der Waals surface area contributed by atoms with E-state index in [0.29, 0.717) is 17.5 Å². The molecule has 0 spiro atoms. The predicted molar refractivity (Wildman–Crippen MR) is 68.2 cm³/mol. The number of nitrogens with zero attached hydrogens (tertiary/aromatic N) is 3. The fourth-order valence-electron chi connectivity index (χ4n) is 1.59. The van der Waals surface area contributed by atoms with Gasteiger partial charge in [0.15, 0.2) is 0 Å². The van der Waals surface area contributed by atoms with Crippen LogP contribution in [0.2, 0.25) is 0 Å². The Bertz CT molecular complexity index is 533. The van der Waals surface area contributed by atoms with Crippen LogP contribution >= 0.6 is 0 Å². The Hall–Kier alpha value is -1.06. The molecule has 0 radical (unpaired) electrons. The Morgan fingerprint density at radius 2 is 1.83 bits per heavy atom. The molecule has 1 aliphatic heterocycles. The second-order valence-electron chi connectivity index (χ2n) is 3.74. The zero-order chi connectivity index (χ0) is 13.2. The lowest BCUT2D eigenvalue weighted by atomic mass is 10.6. The average molecular weight is 290 g/mol. The van der Waals surface area contributed by atoms with Gasteiger partial charge in [0, 0.05) is 42.4 Å². The molecule has 2 heterocycles. The Morgan fingerprint density at radius 3 is 2.33 bits per heavy atom. The number of hydrogen-bond acceptors (Lipinski definition) is 6. The summed E-state index contributed by atoms with van der Waals surface area (Å²) in [6.45, 7) is 0.561. The minimum absolute atomic E-state index is 0.0641. The molecule has 9 heteroatoms. The van der Waals surface area contributed by atoms with Crippen molar-refractivity contribution >= 4 is 26.8 Å². The highest BCUT2D eigenvalue weighted by Gasteiger charge is 2.28. The van der Waals surface area contributed by atoms with E-state index in [1.54, 1.807) is 7.05 Å². The molecule has 2 rings (SSSR count). The van der Waals surface area contributed by atoms with Crippen LogP contribution in [0.25, 0.3) is 0 Å². The first-order valence-corrected chi connectivity index (χ1v) is 8.32. The van der Waals surface area contributed by atoms with E-state index in [9.17, 15) is 12.6 Å². The second-order valence-corrected chi connectivity index (χ2v) is 7.38. The highest BCUT2D eigenvalue weighted by molar-refractivity contribution is 7.89. The van der Waals surface area contributed by atoms with Crippen molar-refractivity contribution in [2.45, 2.75) is 4.90 Å². The lowest BCUT2D eigenvalue weighted by Crippen LogP contribution is -2.41. The molecule has 1 fully saturated rings. The van der Waals surface area contributed by atoms with E-state index >= 15 is 0 Å². The van der Waals surface area contributed by atoms with Gasteiger partial charge in [-0.3, -0.25) is 4.21 Å². The molecular weight excluding hydrogens is 276 g/mol. The van der Waals surface area contributed by atoms with Crippen LogP contribution in [0.5, 0.6) is 0 Å². The van der Waals surface area contributed by atoms with E-state index in [1.807, 2.05) is 0 Å². The van der Waals surface area contributed by atoms with Crippen molar-refractivity contribution in [1.29, 1.82) is 0 Å². The maximum absolute atomic E-state index is 12.2. The van der Waals surface area contributed by atoms with E-state index < -0.39 is 20.8 Å². The number of nitrogens with one attached hydrogen (secondary N) is 1. The molecule has 1 N–H and O–H groups in total. The summed E-state index contributed by atoms with van der Waals surface area (Å²) in [6.07, 6.45) is 2.56. The summed E-state index contributed by atoms with van der Waals surface area (Å²) >= 11 is 0. The van der Waals surface area contributed by atoms with Crippen molar-refractivity contribution in [3.63, 3.8) is 0 Å². The minimum atomic E-state index is -3.56. The van der Waals surface area contributed by atoms with Gasteiger partial charge >= 0.3 is 0 Å². The molecule has 0 amide bonds. The van der Waals surface area contributed by atoms with E-state index in [0.717, 1.165) is 0 Å². The molecule has 0 aliphatic carbocycles. The van der Waals surface area contributed by atoms with Crippen LogP contribution in [-0.4, -0.2) is 58.5 Å². The summed E-state index contributed by atoms with van der Waals surface area (Å²) in [7, 11) is -2.81. The molecule has 100 valence electrons. The fraction of sp³-hybridized carbons (Fsp3) is 0.556. The second kappa shape index (κ2) is 5.29. The molecule has 1 aromatic heterocycles. The molecule has 0 aromatic carbocycles. The van der Waals surface area contributed by atoms with Crippen LogP contribution in [0, 0.1) is 0 Å². The van der Waals surface area contributed by atoms with Gasteiger partial charge in [0.05, 0.1) is 12.4 Å². The van der Waals surface area contributed by atoms with E-state index in [2.05, 4.69) is 15.3 Å². The van der Waals surface area contributed by atoms with Crippen LogP contribution in [0.15, 0.2) is 17.3 Å². The van der Waals surface area contributed by atoms with Crippen LogP contribution in [0.1, 0.15) is 0 Å². The topological polar surface area (TPSA) is 92.3 Å². The number of aromatic nitrogens is 2. The van der Waals surface area contributed by atoms with Gasteiger partial charge < -0.3 is 5.32 Å². The van der Waals surface area contributed by atoms with Crippen molar-refractivity contribution in [3.05, 3.63) is 12.4 Å². The third kappa shape index (κ3) is 2.68. The quantitative estimate of drug-likeness (QED) is 0.789. The number of rotatable bonds is 3. The zero-order valence-corrected chi connectivity index (χ0v) is 11.5. The van der Waals surface area contributed by atoms with E-state index in [4.69, 9.17) is 0 Å². The van der Waals surface area contributed by atoms with Crippen molar-refractivity contribution in [2.75, 3.05) is 37.0 Å². The molecule has 0 atom stereocenters. The molecule has 0 bridgehead atoms. The third-order valence-corrected chi connectivity index (χ3v) is 5.75.